The van der Waals surface area contributed by atoms with Crippen molar-refractivity contribution in [1.82, 2.24) is 14.9 Å². The lowest BCUT2D eigenvalue weighted by molar-refractivity contribution is -0.173. The van der Waals surface area contributed by atoms with Crippen LogP contribution in [0.4, 0.5) is 13.2 Å². The van der Waals surface area contributed by atoms with Gasteiger partial charge in [0.1, 0.15) is 18.3 Å². The fraction of sp³-hybridized carbons (Fsp3) is 0.583. The van der Waals surface area contributed by atoms with E-state index in [0.29, 0.717) is 0 Å². The summed E-state index contributed by atoms with van der Waals surface area (Å²) in [5.41, 5.74) is -1.13. The third-order valence-corrected chi connectivity index (χ3v) is 3.84. The minimum absolute atomic E-state index is 0.231. The number of rotatable bonds is 4. The summed E-state index contributed by atoms with van der Waals surface area (Å²) in [5.74, 6) is -2.23. The maximum atomic E-state index is 12.2. The van der Waals surface area contributed by atoms with Crippen LogP contribution in [0.2, 0.25) is 0 Å². The van der Waals surface area contributed by atoms with Crippen LogP contribution in [-0.2, 0) is 16.1 Å². The van der Waals surface area contributed by atoms with Gasteiger partial charge in [-0.25, -0.2) is 0 Å². The van der Waals surface area contributed by atoms with Crippen molar-refractivity contribution in [1.29, 1.82) is 0 Å². The van der Waals surface area contributed by atoms with Gasteiger partial charge in [-0.15, -0.1) is 0 Å². The van der Waals surface area contributed by atoms with E-state index in [4.69, 9.17) is 22.1 Å². The predicted molar refractivity (Wildman–Crippen MR) is 76.8 cm³/mol. The number of aliphatic hydroxyl groups is 3. The molecule has 0 saturated carbocycles. The number of nitrogens with one attached hydrogen (secondary N) is 2. The van der Waals surface area contributed by atoms with E-state index in [1.807, 2.05) is 0 Å². The SMILES string of the molecule is O=C(NCc1cn([C@@H]2O[C@H](CO)C(O)C2O)c(=S)[nH]c1=O)C(F)(F)F. The smallest absolute Gasteiger partial charge is 0.394 e. The van der Waals surface area contributed by atoms with Crippen LogP contribution in [0.1, 0.15) is 11.8 Å². The van der Waals surface area contributed by atoms with Crippen molar-refractivity contribution in [3.05, 3.63) is 26.9 Å². The molecule has 2 unspecified atom stereocenters. The zero-order valence-corrected chi connectivity index (χ0v) is 13.2. The van der Waals surface area contributed by atoms with Crippen LogP contribution in [0.5, 0.6) is 0 Å². The van der Waals surface area contributed by atoms with Gasteiger partial charge in [0.15, 0.2) is 11.0 Å². The molecule has 4 atom stereocenters. The van der Waals surface area contributed by atoms with E-state index in [1.54, 1.807) is 0 Å². The van der Waals surface area contributed by atoms with Crippen molar-refractivity contribution in [2.45, 2.75) is 37.3 Å². The van der Waals surface area contributed by atoms with Gasteiger partial charge in [0.2, 0.25) is 0 Å². The Bertz CT molecular complexity index is 764. The summed E-state index contributed by atoms with van der Waals surface area (Å²) in [7, 11) is 0. The summed E-state index contributed by atoms with van der Waals surface area (Å²) in [6.45, 7) is -1.35. The molecule has 0 radical (unpaired) electrons. The van der Waals surface area contributed by atoms with Crippen molar-refractivity contribution in [3.63, 3.8) is 0 Å². The summed E-state index contributed by atoms with van der Waals surface area (Å²) < 4.78 is 42.6. The Balaban J connectivity index is 2.28. The first-order valence-electron chi connectivity index (χ1n) is 6.88. The first-order chi connectivity index (χ1) is 11.6. The average Bonchev–Trinajstić information content (AvgIpc) is 2.81. The second-order valence-electron chi connectivity index (χ2n) is 5.23. The first kappa shape index (κ1) is 19.5. The van der Waals surface area contributed by atoms with Gasteiger partial charge in [-0.3, -0.25) is 19.1 Å². The number of carbonyl (C=O) groups is 1. The summed E-state index contributed by atoms with van der Waals surface area (Å²) in [5, 5.41) is 30.3. The number of aromatic amines is 1. The second kappa shape index (κ2) is 7.21. The van der Waals surface area contributed by atoms with Crippen LogP contribution < -0.4 is 10.9 Å². The van der Waals surface area contributed by atoms with E-state index in [-0.39, 0.29) is 10.3 Å². The molecule has 2 rings (SSSR count). The molecule has 0 aliphatic carbocycles. The molecule has 1 amide bonds. The molecule has 2 heterocycles. The fourth-order valence-corrected chi connectivity index (χ4v) is 2.48. The number of alkyl halides is 3. The van der Waals surface area contributed by atoms with Gasteiger partial charge in [-0.2, -0.15) is 13.2 Å². The molecule has 0 bridgehead atoms. The molecular formula is C12H14F3N3O6S. The van der Waals surface area contributed by atoms with Crippen LogP contribution in [0.25, 0.3) is 0 Å². The molecule has 1 saturated heterocycles. The molecule has 0 spiro atoms. The van der Waals surface area contributed by atoms with E-state index < -0.39 is 55.3 Å². The summed E-state index contributed by atoms with van der Waals surface area (Å²) >= 11 is 4.90. The molecule has 1 aliphatic heterocycles. The topological polar surface area (TPSA) is 137 Å². The van der Waals surface area contributed by atoms with Crippen molar-refractivity contribution in [2.75, 3.05) is 6.61 Å². The standard InChI is InChI=1S/C12H14F3N3O6S/c13-12(14,15)10(23)16-1-4-2-18(11(25)17-8(4)22)9-7(21)6(20)5(3-19)24-9/h2,5-7,9,19-21H,1,3H2,(H,16,23)(H,17,22,25)/t5-,6?,7?,9-/m1/s1. The Morgan fingerprint density at radius 3 is 2.56 bits per heavy atom. The Kier molecular flexibility index (Phi) is 5.63. The highest BCUT2D eigenvalue weighted by molar-refractivity contribution is 7.71. The zero-order valence-electron chi connectivity index (χ0n) is 12.4. The molecule has 1 aromatic rings. The molecule has 9 nitrogen and oxygen atoms in total. The Morgan fingerprint density at radius 2 is 2.04 bits per heavy atom. The molecule has 13 heteroatoms. The lowest BCUT2D eigenvalue weighted by Gasteiger charge is -2.19. The van der Waals surface area contributed by atoms with E-state index in [9.17, 15) is 33.0 Å². The van der Waals surface area contributed by atoms with Gasteiger partial charge < -0.3 is 25.4 Å². The third-order valence-electron chi connectivity index (χ3n) is 3.53. The maximum Gasteiger partial charge on any atom is 0.471 e. The van der Waals surface area contributed by atoms with Crippen LogP contribution in [0, 0.1) is 4.77 Å². The molecule has 0 aromatic carbocycles. The number of amides is 1. The fourth-order valence-electron chi connectivity index (χ4n) is 2.23. The highest BCUT2D eigenvalue weighted by Gasteiger charge is 2.43. The number of hydrogen-bond donors (Lipinski definition) is 5. The number of H-pyrrole nitrogens is 1. The van der Waals surface area contributed by atoms with Crippen LogP contribution in [0.15, 0.2) is 11.0 Å². The van der Waals surface area contributed by atoms with Gasteiger partial charge in [-0.1, -0.05) is 0 Å². The third kappa shape index (κ3) is 4.07. The van der Waals surface area contributed by atoms with Gasteiger partial charge in [0.25, 0.3) is 5.56 Å². The van der Waals surface area contributed by atoms with E-state index in [0.717, 1.165) is 10.8 Å². The number of hydrogen-bond acceptors (Lipinski definition) is 7. The van der Waals surface area contributed by atoms with Crippen molar-refractivity contribution >= 4 is 18.1 Å². The second-order valence-corrected chi connectivity index (χ2v) is 5.62. The molecule has 1 aliphatic rings. The number of aliphatic hydroxyl groups excluding tert-OH is 3. The minimum Gasteiger partial charge on any atom is -0.394 e. The number of nitrogens with zero attached hydrogens (tertiary/aromatic N) is 1. The van der Waals surface area contributed by atoms with Gasteiger partial charge in [-0.05, 0) is 12.2 Å². The molecule has 140 valence electrons. The Morgan fingerprint density at radius 1 is 1.40 bits per heavy atom. The molecule has 1 fully saturated rings. The molecular weight excluding hydrogens is 371 g/mol. The van der Waals surface area contributed by atoms with E-state index >= 15 is 0 Å². The number of carbonyl (C=O) groups excluding carboxylic acids is 1. The lowest BCUT2D eigenvalue weighted by Crippen LogP contribution is -2.38. The largest absolute Gasteiger partial charge is 0.471 e. The van der Waals surface area contributed by atoms with E-state index in [1.165, 1.54) is 5.32 Å². The number of ether oxygens (including phenoxy) is 1. The molecule has 25 heavy (non-hydrogen) atoms. The van der Waals surface area contributed by atoms with Crippen molar-refractivity contribution < 1.29 is 38.0 Å². The monoisotopic (exact) mass is 385 g/mol. The van der Waals surface area contributed by atoms with Crippen LogP contribution in [0.3, 0.4) is 0 Å². The predicted octanol–water partition coefficient (Wildman–Crippen LogP) is -1.30. The van der Waals surface area contributed by atoms with Crippen molar-refractivity contribution in [2.24, 2.45) is 0 Å². The lowest BCUT2D eigenvalue weighted by atomic mass is 10.1. The molecule has 1 aromatic heterocycles. The van der Waals surface area contributed by atoms with Crippen LogP contribution in [-0.4, -0.2) is 61.9 Å². The zero-order chi connectivity index (χ0) is 18.9. The quantitative estimate of drug-likeness (QED) is 0.406. The summed E-state index contributed by atoms with van der Waals surface area (Å²) in [6, 6.07) is 0. The Labute approximate surface area is 142 Å². The number of aromatic nitrogens is 2. The van der Waals surface area contributed by atoms with Gasteiger partial charge in [0.05, 0.1) is 12.2 Å². The molecule has 5 N–H and O–H groups in total. The normalized spacial score (nSPS) is 26.6. The number of halogens is 3. The van der Waals surface area contributed by atoms with Crippen molar-refractivity contribution in [3.8, 4) is 0 Å². The minimum atomic E-state index is -5.11. The summed E-state index contributed by atoms with van der Waals surface area (Å²) in [4.78, 5) is 24.8. The Hall–Kier alpha value is -1.80. The maximum absolute atomic E-state index is 12.2. The summed E-state index contributed by atoms with van der Waals surface area (Å²) in [6.07, 6.45) is -9.44. The first-order valence-corrected chi connectivity index (χ1v) is 7.29. The average molecular weight is 385 g/mol. The highest BCUT2D eigenvalue weighted by atomic mass is 32.1. The van der Waals surface area contributed by atoms with E-state index in [2.05, 4.69) is 4.98 Å². The van der Waals surface area contributed by atoms with Crippen LogP contribution >= 0.6 is 12.2 Å². The highest BCUT2D eigenvalue weighted by Crippen LogP contribution is 2.29. The van der Waals surface area contributed by atoms with Gasteiger partial charge in [0, 0.05) is 12.7 Å². The van der Waals surface area contributed by atoms with Gasteiger partial charge >= 0.3 is 12.1 Å².